The van der Waals surface area contributed by atoms with E-state index in [1.54, 1.807) is 0 Å². The Bertz CT molecular complexity index is 577. The molecular formula is C17H24ClN2O3+. The van der Waals surface area contributed by atoms with Crippen molar-refractivity contribution in [2.75, 3.05) is 31.6 Å². The maximum atomic E-state index is 12.2. The fraction of sp³-hybridized carbons (Fsp3) is 0.529. The Kier molecular flexibility index (Phi) is 6.42. The van der Waals surface area contributed by atoms with Crippen molar-refractivity contribution in [1.82, 2.24) is 0 Å². The number of ether oxygens (including phenoxy) is 1. The number of amides is 1. The van der Waals surface area contributed by atoms with Crippen LogP contribution in [-0.4, -0.2) is 38.1 Å². The van der Waals surface area contributed by atoms with Gasteiger partial charge in [0.1, 0.15) is 5.92 Å². The number of esters is 1. The zero-order valence-electron chi connectivity index (χ0n) is 13.7. The van der Waals surface area contributed by atoms with Gasteiger partial charge < -0.3 is 15.0 Å². The van der Waals surface area contributed by atoms with Crippen molar-refractivity contribution in [3.63, 3.8) is 0 Å². The van der Waals surface area contributed by atoms with Gasteiger partial charge in [-0.05, 0) is 44.4 Å². The summed E-state index contributed by atoms with van der Waals surface area (Å²) in [7, 11) is 0. The molecule has 2 atom stereocenters. The first-order valence-corrected chi connectivity index (χ1v) is 8.43. The molecule has 1 amide bonds. The predicted octanol–water partition coefficient (Wildman–Crippen LogP) is 1.44. The van der Waals surface area contributed by atoms with Crippen LogP contribution in [0.25, 0.3) is 0 Å². The number of benzene rings is 1. The number of carbonyl (C=O) groups excluding carboxylic acids is 2. The van der Waals surface area contributed by atoms with Crippen molar-refractivity contribution in [1.29, 1.82) is 0 Å². The average Bonchev–Trinajstić information content (AvgIpc) is 2.50. The van der Waals surface area contributed by atoms with Crippen LogP contribution in [0.15, 0.2) is 18.2 Å². The second-order valence-electron chi connectivity index (χ2n) is 6.00. The van der Waals surface area contributed by atoms with E-state index in [1.807, 2.05) is 32.0 Å². The minimum absolute atomic E-state index is 0.0877. The lowest BCUT2D eigenvalue weighted by atomic mass is 9.98. The SMILES string of the molecule is CCOC(=O)[C@@H]1CCC[NH+](CC(=O)Nc2ccc(C)cc2Cl)C1. The topological polar surface area (TPSA) is 59.8 Å². The van der Waals surface area contributed by atoms with Crippen molar-refractivity contribution < 1.29 is 19.2 Å². The third kappa shape index (κ3) is 5.22. The molecule has 0 spiro atoms. The van der Waals surface area contributed by atoms with E-state index < -0.39 is 0 Å². The van der Waals surface area contributed by atoms with E-state index in [0.29, 0.717) is 30.4 Å². The zero-order valence-corrected chi connectivity index (χ0v) is 14.4. The standard InChI is InChI=1S/C17H23ClN2O3/c1-3-23-17(22)13-5-4-8-20(10-13)11-16(21)19-15-7-6-12(2)9-14(15)18/h6-7,9,13H,3-5,8,10-11H2,1-2H3,(H,19,21)/p+1/t13-/m1/s1. The van der Waals surface area contributed by atoms with E-state index in [0.717, 1.165) is 29.8 Å². The molecule has 0 aliphatic carbocycles. The molecule has 126 valence electrons. The van der Waals surface area contributed by atoms with Gasteiger partial charge in [-0.25, -0.2) is 0 Å². The van der Waals surface area contributed by atoms with Crippen LogP contribution >= 0.6 is 11.6 Å². The number of rotatable bonds is 5. The van der Waals surface area contributed by atoms with Crippen molar-refractivity contribution in [2.45, 2.75) is 26.7 Å². The quantitative estimate of drug-likeness (QED) is 0.798. The van der Waals surface area contributed by atoms with Gasteiger partial charge in [-0.1, -0.05) is 17.7 Å². The number of nitrogens with one attached hydrogen (secondary N) is 2. The number of piperidine rings is 1. The van der Waals surface area contributed by atoms with Gasteiger partial charge in [0.2, 0.25) is 0 Å². The molecule has 2 N–H and O–H groups in total. The zero-order chi connectivity index (χ0) is 16.8. The maximum absolute atomic E-state index is 12.2. The first-order chi connectivity index (χ1) is 11.0. The van der Waals surface area contributed by atoms with E-state index in [-0.39, 0.29) is 17.8 Å². The lowest BCUT2D eigenvalue weighted by Gasteiger charge is -2.28. The summed E-state index contributed by atoms with van der Waals surface area (Å²) in [6.45, 7) is 6.03. The summed E-state index contributed by atoms with van der Waals surface area (Å²) in [5.41, 5.74) is 1.67. The number of halogens is 1. The van der Waals surface area contributed by atoms with Gasteiger partial charge in [-0.3, -0.25) is 9.59 Å². The second kappa shape index (κ2) is 8.31. The molecule has 23 heavy (non-hydrogen) atoms. The molecule has 1 unspecified atom stereocenters. The lowest BCUT2D eigenvalue weighted by Crippen LogP contribution is -3.14. The Labute approximate surface area is 141 Å². The van der Waals surface area contributed by atoms with Crippen LogP contribution in [0.2, 0.25) is 5.02 Å². The highest BCUT2D eigenvalue weighted by atomic mass is 35.5. The average molecular weight is 340 g/mol. The van der Waals surface area contributed by atoms with Crippen LogP contribution in [-0.2, 0) is 14.3 Å². The van der Waals surface area contributed by atoms with E-state index in [2.05, 4.69) is 5.32 Å². The normalized spacial score (nSPS) is 20.8. The molecule has 1 heterocycles. The minimum Gasteiger partial charge on any atom is -0.466 e. The van der Waals surface area contributed by atoms with Crippen LogP contribution in [0.1, 0.15) is 25.3 Å². The van der Waals surface area contributed by atoms with Gasteiger partial charge in [0.15, 0.2) is 6.54 Å². The molecule has 1 saturated heterocycles. The summed E-state index contributed by atoms with van der Waals surface area (Å²) < 4.78 is 5.09. The Morgan fingerprint density at radius 1 is 1.43 bits per heavy atom. The highest BCUT2D eigenvalue weighted by Crippen LogP contribution is 2.22. The van der Waals surface area contributed by atoms with E-state index in [9.17, 15) is 9.59 Å². The van der Waals surface area contributed by atoms with Gasteiger partial charge in [0.05, 0.1) is 30.4 Å². The molecule has 0 aromatic heterocycles. The monoisotopic (exact) mass is 339 g/mol. The molecule has 1 aliphatic rings. The number of hydrogen-bond donors (Lipinski definition) is 2. The van der Waals surface area contributed by atoms with E-state index in [4.69, 9.17) is 16.3 Å². The van der Waals surface area contributed by atoms with Crippen molar-refractivity contribution in [3.05, 3.63) is 28.8 Å². The Balaban J connectivity index is 1.88. The second-order valence-corrected chi connectivity index (χ2v) is 6.41. The molecule has 0 radical (unpaired) electrons. The third-order valence-corrected chi connectivity index (χ3v) is 4.36. The number of hydrogen-bond acceptors (Lipinski definition) is 3. The van der Waals surface area contributed by atoms with Crippen molar-refractivity contribution in [2.24, 2.45) is 5.92 Å². The summed E-state index contributed by atoms with van der Waals surface area (Å²) in [5.74, 6) is -0.337. The van der Waals surface area contributed by atoms with E-state index >= 15 is 0 Å². The molecule has 6 heteroatoms. The molecule has 0 bridgehead atoms. The van der Waals surface area contributed by atoms with Crippen molar-refractivity contribution in [3.8, 4) is 0 Å². The van der Waals surface area contributed by atoms with Crippen LogP contribution < -0.4 is 10.2 Å². The first-order valence-electron chi connectivity index (χ1n) is 8.05. The van der Waals surface area contributed by atoms with Gasteiger partial charge in [-0.2, -0.15) is 0 Å². The van der Waals surface area contributed by atoms with E-state index in [1.165, 1.54) is 0 Å². The largest absolute Gasteiger partial charge is 0.466 e. The maximum Gasteiger partial charge on any atom is 0.314 e. The summed E-state index contributed by atoms with van der Waals surface area (Å²) in [4.78, 5) is 25.2. The van der Waals surface area contributed by atoms with Crippen molar-refractivity contribution >= 4 is 29.2 Å². The van der Waals surface area contributed by atoms with Crippen LogP contribution in [0.5, 0.6) is 0 Å². The number of anilines is 1. The van der Waals surface area contributed by atoms with Gasteiger partial charge in [-0.15, -0.1) is 0 Å². The summed E-state index contributed by atoms with van der Waals surface area (Å²) in [5, 5.41) is 3.38. The molecule has 1 fully saturated rings. The molecule has 1 aromatic carbocycles. The van der Waals surface area contributed by atoms with Crippen LogP contribution in [0, 0.1) is 12.8 Å². The molecule has 1 aliphatic heterocycles. The Morgan fingerprint density at radius 2 is 2.22 bits per heavy atom. The highest BCUT2D eigenvalue weighted by Gasteiger charge is 2.30. The minimum atomic E-state index is -0.147. The molecule has 1 aromatic rings. The summed E-state index contributed by atoms with van der Waals surface area (Å²) in [6.07, 6.45) is 1.77. The Hall–Kier alpha value is -1.59. The molecule has 5 nitrogen and oxygen atoms in total. The first kappa shape index (κ1) is 17.8. The number of carbonyl (C=O) groups is 2. The molecule has 0 saturated carbocycles. The molecular weight excluding hydrogens is 316 g/mol. The summed E-state index contributed by atoms with van der Waals surface area (Å²) >= 11 is 6.13. The summed E-state index contributed by atoms with van der Waals surface area (Å²) in [6, 6.07) is 5.54. The van der Waals surface area contributed by atoms with Crippen LogP contribution in [0.3, 0.4) is 0 Å². The lowest BCUT2D eigenvalue weighted by molar-refractivity contribution is -0.899. The van der Waals surface area contributed by atoms with Gasteiger partial charge >= 0.3 is 5.97 Å². The fourth-order valence-corrected chi connectivity index (χ4v) is 3.20. The highest BCUT2D eigenvalue weighted by molar-refractivity contribution is 6.33. The third-order valence-electron chi connectivity index (χ3n) is 4.05. The van der Waals surface area contributed by atoms with Gasteiger partial charge in [0, 0.05) is 0 Å². The number of likely N-dealkylation sites (tertiary alicyclic amines) is 1. The number of aryl methyl sites for hydroxylation is 1. The predicted molar refractivity (Wildman–Crippen MR) is 89.7 cm³/mol. The van der Waals surface area contributed by atoms with Crippen LogP contribution in [0.4, 0.5) is 5.69 Å². The number of quaternary nitrogens is 1. The van der Waals surface area contributed by atoms with Gasteiger partial charge in [0.25, 0.3) is 5.91 Å². The fourth-order valence-electron chi connectivity index (χ4n) is 2.92. The Morgan fingerprint density at radius 3 is 2.91 bits per heavy atom. The smallest absolute Gasteiger partial charge is 0.314 e. The molecule has 2 rings (SSSR count).